The number of aromatic nitrogens is 1. The van der Waals surface area contributed by atoms with Gasteiger partial charge in [-0.3, -0.25) is 0 Å². The Morgan fingerprint density at radius 2 is 2.14 bits per heavy atom. The summed E-state index contributed by atoms with van der Waals surface area (Å²) in [6, 6.07) is 3.32. The zero-order valence-corrected chi connectivity index (χ0v) is 9.44. The topological polar surface area (TPSA) is 73.0 Å². The standard InChI is InChI=1S/C8H12N2O2S.ClH/c1-13(11,12)8-6-7(2-4-9)3-5-10-8;/h3,5-6H,2,4,9H2,1H3;1H. The highest BCUT2D eigenvalue weighted by Gasteiger charge is 2.08. The predicted octanol–water partition coefficient (Wildman–Crippen LogP) is 0.408. The summed E-state index contributed by atoms with van der Waals surface area (Å²) in [6.07, 6.45) is 3.30. The van der Waals surface area contributed by atoms with Gasteiger partial charge in [0.25, 0.3) is 0 Å². The molecule has 0 aromatic carbocycles. The van der Waals surface area contributed by atoms with E-state index in [1.807, 2.05) is 0 Å². The Morgan fingerprint density at radius 3 is 2.64 bits per heavy atom. The molecule has 80 valence electrons. The third-order valence-corrected chi connectivity index (χ3v) is 2.60. The van der Waals surface area contributed by atoms with E-state index < -0.39 is 9.84 Å². The zero-order chi connectivity index (χ0) is 9.90. The molecule has 1 aromatic heterocycles. The molecule has 0 saturated heterocycles. The molecule has 0 amide bonds. The maximum atomic E-state index is 11.1. The normalized spacial score (nSPS) is 10.7. The van der Waals surface area contributed by atoms with Crippen LogP contribution in [0, 0.1) is 0 Å². The number of halogens is 1. The molecule has 0 saturated carbocycles. The Kier molecular flexibility index (Phi) is 5.04. The largest absolute Gasteiger partial charge is 0.330 e. The molecular weight excluding hydrogens is 224 g/mol. The van der Waals surface area contributed by atoms with Gasteiger partial charge < -0.3 is 5.73 Å². The van der Waals surface area contributed by atoms with E-state index in [0.717, 1.165) is 11.8 Å². The van der Waals surface area contributed by atoms with Crippen LogP contribution in [-0.2, 0) is 16.3 Å². The van der Waals surface area contributed by atoms with Crippen LogP contribution in [-0.4, -0.2) is 26.2 Å². The van der Waals surface area contributed by atoms with Gasteiger partial charge in [-0.2, -0.15) is 0 Å². The first-order valence-electron chi connectivity index (χ1n) is 3.89. The lowest BCUT2D eigenvalue weighted by atomic mass is 10.2. The maximum absolute atomic E-state index is 11.1. The molecule has 6 heteroatoms. The number of nitrogens with two attached hydrogens (primary N) is 1. The minimum absolute atomic E-state index is 0. The van der Waals surface area contributed by atoms with Crippen LogP contribution in [0.5, 0.6) is 0 Å². The molecule has 0 aliphatic carbocycles. The summed E-state index contributed by atoms with van der Waals surface area (Å²) in [7, 11) is -3.20. The molecule has 0 fully saturated rings. The second kappa shape index (κ2) is 5.29. The fraction of sp³-hybridized carbons (Fsp3) is 0.375. The highest BCUT2D eigenvalue weighted by molar-refractivity contribution is 7.90. The minimum Gasteiger partial charge on any atom is -0.330 e. The number of hydrogen-bond acceptors (Lipinski definition) is 4. The van der Waals surface area contributed by atoms with Crippen molar-refractivity contribution >= 4 is 22.2 Å². The second-order valence-electron chi connectivity index (χ2n) is 2.81. The van der Waals surface area contributed by atoms with Crippen molar-refractivity contribution in [3.8, 4) is 0 Å². The van der Waals surface area contributed by atoms with Crippen molar-refractivity contribution in [2.75, 3.05) is 12.8 Å². The zero-order valence-electron chi connectivity index (χ0n) is 7.80. The Morgan fingerprint density at radius 1 is 1.50 bits per heavy atom. The molecule has 0 aliphatic heterocycles. The molecule has 2 N–H and O–H groups in total. The van der Waals surface area contributed by atoms with Gasteiger partial charge in [0.05, 0.1) is 0 Å². The highest BCUT2D eigenvalue weighted by Crippen LogP contribution is 2.07. The van der Waals surface area contributed by atoms with E-state index in [-0.39, 0.29) is 17.4 Å². The Labute approximate surface area is 89.9 Å². The lowest BCUT2D eigenvalue weighted by Gasteiger charge is -2.00. The van der Waals surface area contributed by atoms with Crippen molar-refractivity contribution in [3.05, 3.63) is 23.9 Å². The SMILES string of the molecule is CS(=O)(=O)c1cc(CCN)ccn1.Cl. The average molecular weight is 237 g/mol. The van der Waals surface area contributed by atoms with Crippen molar-refractivity contribution in [3.63, 3.8) is 0 Å². The number of nitrogens with zero attached hydrogens (tertiary/aromatic N) is 1. The smallest absolute Gasteiger partial charge is 0.192 e. The lowest BCUT2D eigenvalue weighted by molar-refractivity contribution is 0.598. The molecule has 0 atom stereocenters. The molecule has 4 nitrogen and oxygen atoms in total. The van der Waals surface area contributed by atoms with Crippen molar-refractivity contribution in [2.45, 2.75) is 11.4 Å². The first kappa shape index (κ1) is 13.4. The van der Waals surface area contributed by atoms with E-state index in [1.54, 1.807) is 12.1 Å². The Balaban J connectivity index is 0.00000169. The number of sulfone groups is 1. The first-order valence-corrected chi connectivity index (χ1v) is 5.78. The summed E-state index contributed by atoms with van der Waals surface area (Å²) in [6.45, 7) is 0.507. The highest BCUT2D eigenvalue weighted by atomic mass is 35.5. The minimum atomic E-state index is -3.20. The van der Waals surface area contributed by atoms with Gasteiger partial charge in [-0.1, -0.05) is 0 Å². The Bertz CT molecular complexity index is 392. The average Bonchev–Trinajstić information content (AvgIpc) is 2.04. The van der Waals surface area contributed by atoms with Gasteiger partial charge >= 0.3 is 0 Å². The quantitative estimate of drug-likeness (QED) is 0.825. The molecule has 0 unspecified atom stereocenters. The van der Waals surface area contributed by atoms with Crippen LogP contribution in [0.1, 0.15) is 5.56 Å². The van der Waals surface area contributed by atoms with Gasteiger partial charge in [0.1, 0.15) is 0 Å². The molecule has 1 heterocycles. The van der Waals surface area contributed by atoms with E-state index in [1.165, 1.54) is 6.20 Å². The summed E-state index contributed by atoms with van der Waals surface area (Å²) in [5.74, 6) is 0. The number of hydrogen-bond donors (Lipinski definition) is 1. The van der Waals surface area contributed by atoms with Gasteiger partial charge in [0.2, 0.25) is 0 Å². The van der Waals surface area contributed by atoms with Gasteiger partial charge in [0, 0.05) is 12.5 Å². The summed E-state index contributed by atoms with van der Waals surface area (Å²) in [5.41, 5.74) is 6.25. The molecule has 14 heavy (non-hydrogen) atoms. The van der Waals surface area contributed by atoms with Crippen molar-refractivity contribution in [2.24, 2.45) is 5.73 Å². The van der Waals surface area contributed by atoms with Crippen molar-refractivity contribution in [1.29, 1.82) is 0 Å². The molecule has 0 bridgehead atoms. The number of pyridine rings is 1. The fourth-order valence-electron chi connectivity index (χ4n) is 0.975. The van der Waals surface area contributed by atoms with Crippen LogP contribution in [0.15, 0.2) is 23.4 Å². The van der Waals surface area contributed by atoms with Crippen LogP contribution in [0.4, 0.5) is 0 Å². The van der Waals surface area contributed by atoms with E-state index in [0.29, 0.717) is 13.0 Å². The maximum Gasteiger partial charge on any atom is 0.192 e. The number of rotatable bonds is 3. The van der Waals surface area contributed by atoms with Crippen LogP contribution in [0.3, 0.4) is 0 Å². The van der Waals surface area contributed by atoms with Gasteiger partial charge in [-0.25, -0.2) is 13.4 Å². The third kappa shape index (κ3) is 3.61. The molecule has 1 aromatic rings. The van der Waals surface area contributed by atoms with E-state index >= 15 is 0 Å². The summed E-state index contributed by atoms with van der Waals surface area (Å²) < 4.78 is 22.2. The van der Waals surface area contributed by atoms with Crippen molar-refractivity contribution < 1.29 is 8.42 Å². The van der Waals surface area contributed by atoms with Crippen LogP contribution >= 0.6 is 12.4 Å². The van der Waals surface area contributed by atoms with Crippen LogP contribution in [0.25, 0.3) is 0 Å². The van der Waals surface area contributed by atoms with Gasteiger partial charge in [-0.15, -0.1) is 12.4 Å². The van der Waals surface area contributed by atoms with E-state index in [9.17, 15) is 8.42 Å². The van der Waals surface area contributed by atoms with Gasteiger partial charge in [-0.05, 0) is 30.7 Å². The fourth-order valence-corrected chi connectivity index (χ4v) is 1.59. The Hall–Kier alpha value is -0.650. The summed E-state index contributed by atoms with van der Waals surface area (Å²) in [4.78, 5) is 3.76. The van der Waals surface area contributed by atoms with Crippen molar-refractivity contribution in [1.82, 2.24) is 4.98 Å². The molecule has 0 aliphatic rings. The van der Waals surface area contributed by atoms with E-state index in [4.69, 9.17) is 5.73 Å². The predicted molar refractivity (Wildman–Crippen MR) is 57.4 cm³/mol. The lowest BCUT2D eigenvalue weighted by Crippen LogP contribution is -2.05. The third-order valence-electron chi connectivity index (χ3n) is 1.61. The van der Waals surface area contributed by atoms with E-state index in [2.05, 4.69) is 4.98 Å². The van der Waals surface area contributed by atoms with Crippen LogP contribution in [0.2, 0.25) is 0 Å². The monoisotopic (exact) mass is 236 g/mol. The molecule has 0 spiro atoms. The van der Waals surface area contributed by atoms with Crippen LogP contribution < -0.4 is 5.73 Å². The summed E-state index contributed by atoms with van der Waals surface area (Å²) >= 11 is 0. The van der Waals surface area contributed by atoms with Gasteiger partial charge in [0.15, 0.2) is 14.9 Å². The first-order chi connectivity index (χ1) is 6.04. The molecule has 1 rings (SSSR count). The molecular formula is C8H13ClN2O2S. The molecule has 0 radical (unpaired) electrons. The summed E-state index contributed by atoms with van der Waals surface area (Å²) in [5, 5.41) is 0.110. The second-order valence-corrected chi connectivity index (χ2v) is 4.78.